The van der Waals surface area contributed by atoms with Crippen LogP contribution >= 0.6 is 0 Å². The van der Waals surface area contributed by atoms with Crippen molar-refractivity contribution in [1.29, 1.82) is 0 Å². The second kappa shape index (κ2) is 6.03. The molecule has 0 aliphatic carbocycles. The molecule has 0 bridgehead atoms. The number of aryl methyl sites for hydroxylation is 1. The van der Waals surface area contributed by atoms with Crippen molar-refractivity contribution in [1.82, 2.24) is 14.6 Å². The summed E-state index contributed by atoms with van der Waals surface area (Å²) in [4.78, 5) is 30.9. The highest BCUT2D eigenvalue weighted by molar-refractivity contribution is 6.07. The Morgan fingerprint density at radius 3 is 2.54 bits per heavy atom. The molecule has 0 aliphatic heterocycles. The lowest BCUT2D eigenvalue weighted by Gasteiger charge is -2.01. The van der Waals surface area contributed by atoms with E-state index in [9.17, 15) is 9.59 Å². The topological polar surface area (TPSA) is 92.2 Å². The number of nitrogens with zero attached hydrogens (tertiary/aromatic N) is 2. The number of methoxy groups -OCH3 is 1. The summed E-state index contributed by atoms with van der Waals surface area (Å²) in [7, 11) is 1.54. The largest absolute Gasteiger partial charge is 0.496 e. The van der Waals surface area contributed by atoms with Crippen LogP contribution in [0.5, 0.6) is 5.75 Å². The molecule has 0 fully saturated rings. The van der Waals surface area contributed by atoms with Crippen molar-refractivity contribution in [2.45, 2.75) is 6.92 Å². The molecule has 0 atom stereocenters. The van der Waals surface area contributed by atoms with E-state index in [1.807, 2.05) is 43.3 Å². The second-order valence-electron chi connectivity index (χ2n) is 5.96. The van der Waals surface area contributed by atoms with Crippen molar-refractivity contribution in [2.75, 3.05) is 7.11 Å². The number of hydrogen-bond donors (Lipinski definition) is 2. The number of aromatic amines is 2. The third-order valence-corrected chi connectivity index (χ3v) is 4.24. The predicted molar refractivity (Wildman–Crippen MR) is 101 cm³/mol. The van der Waals surface area contributed by atoms with Crippen molar-refractivity contribution in [2.24, 2.45) is 5.10 Å². The van der Waals surface area contributed by atoms with Gasteiger partial charge in [-0.15, -0.1) is 4.68 Å². The molecule has 2 aromatic heterocycles. The Hall–Kier alpha value is -3.61. The summed E-state index contributed by atoms with van der Waals surface area (Å²) in [6.07, 6.45) is 1.48. The first kappa shape index (κ1) is 15.9. The maximum Gasteiger partial charge on any atom is 0.350 e. The minimum Gasteiger partial charge on any atom is -0.496 e. The average molecular weight is 348 g/mol. The van der Waals surface area contributed by atoms with Crippen LogP contribution in [0, 0.1) is 6.92 Å². The van der Waals surface area contributed by atoms with Crippen molar-refractivity contribution < 1.29 is 4.74 Å². The van der Waals surface area contributed by atoms with Gasteiger partial charge in [0, 0.05) is 0 Å². The number of H-pyrrole nitrogens is 2. The Balaban J connectivity index is 1.92. The van der Waals surface area contributed by atoms with E-state index in [0.717, 1.165) is 15.8 Å². The van der Waals surface area contributed by atoms with Crippen LogP contribution in [0.25, 0.3) is 21.9 Å². The molecule has 0 spiro atoms. The minimum absolute atomic E-state index is 0.269. The molecule has 0 unspecified atom stereocenters. The number of nitrogens with one attached hydrogen (secondary N) is 2. The maximum absolute atomic E-state index is 12.8. The van der Waals surface area contributed by atoms with Gasteiger partial charge < -0.3 is 14.7 Å². The third kappa shape index (κ3) is 2.50. The number of aromatic nitrogens is 3. The van der Waals surface area contributed by atoms with E-state index in [1.54, 1.807) is 13.2 Å². The SMILES string of the molecule is COc1cccc2[nH]c3c(=O)n(N=Cc4ccc(C)cc4)c(=O)[nH]c3c12. The zero-order valence-electron chi connectivity index (χ0n) is 14.2. The lowest BCUT2D eigenvalue weighted by Crippen LogP contribution is -2.32. The molecule has 130 valence electrons. The molecule has 2 heterocycles. The minimum atomic E-state index is -0.613. The monoisotopic (exact) mass is 348 g/mol. The molecule has 0 saturated carbocycles. The van der Waals surface area contributed by atoms with Crippen LogP contribution < -0.4 is 16.0 Å². The van der Waals surface area contributed by atoms with Crippen LogP contribution in [-0.4, -0.2) is 28.0 Å². The van der Waals surface area contributed by atoms with Crippen LogP contribution in [0.3, 0.4) is 0 Å². The van der Waals surface area contributed by atoms with Crippen molar-refractivity contribution in [3.05, 3.63) is 74.4 Å². The Labute approximate surface area is 147 Å². The summed E-state index contributed by atoms with van der Waals surface area (Å²) in [5.74, 6) is 0.574. The highest BCUT2D eigenvalue weighted by atomic mass is 16.5. The van der Waals surface area contributed by atoms with Crippen LogP contribution in [0.2, 0.25) is 0 Å². The Morgan fingerprint density at radius 2 is 1.81 bits per heavy atom. The van der Waals surface area contributed by atoms with Crippen LogP contribution in [0.1, 0.15) is 11.1 Å². The molecule has 0 amide bonds. The van der Waals surface area contributed by atoms with Gasteiger partial charge in [0.15, 0.2) is 0 Å². The molecule has 0 aliphatic rings. The molecule has 4 aromatic rings. The number of rotatable bonds is 3. The molecular formula is C19H16N4O3. The lowest BCUT2D eigenvalue weighted by atomic mass is 10.2. The molecule has 2 N–H and O–H groups in total. The van der Waals surface area contributed by atoms with Crippen LogP contribution in [0.4, 0.5) is 0 Å². The lowest BCUT2D eigenvalue weighted by molar-refractivity contribution is 0.420. The maximum atomic E-state index is 12.8. The van der Waals surface area contributed by atoms with Gasteiger partial charge in [0.25, 0.3) is 0 Å². The van der Waals surface area contributed by atoms with Gasteiger partial charge in [-0.1, -0.05) is 35.9 Å². The van der Waals surface area contributed by atoms with E-state index >= 15 is 0 Å². The van der Waals surface area contributed by atoms with Gasteiger partial charge in [-0.2, -0.15) is 5.10 Å². The van der Waals surface area contributed by atoms with E-state index in [1.165, 1.54) is 6.21 Å². The number of fused-ring (bicyclic) bond motifs is 3. The molecule has 26 heavy (non-hydrogen) atoms. The summed E-state index contributed by atoms with van der Waals surface area (Å²) >= 11 is 0. The molecule has 7 nitrogen and oxygen atoms in total. The molecule has 2 aromatic carbocycles. The zero-order chi connectivity index (χ0) is 18.3. The molecule has 0 radical (unpaired) electrons. The van der Waals surface area contributed by atoms with E-state index in [4.69, 9.17) is 4.74 Å². The van der Waals surface area contributed by atoms with Gasteiger partial charge in [0.2, 0.25) is 0 Å². The van der Waals surface area contributed by atoms with E-state index < -0.39 is 11.2 Å². The predicted octanol–water partition coefficient (Wildman–Crippen LogP) is 2.37. The number of ether oxygens (including phenoxy) is 1. The fourth-order valence-corrected chi connectivity index (χ4v) is 2.91. The van der Waals surface area contributed by atoms with Gasteiger partial charge in [-0.3, -0.25) is 4.79 Å². The first-order valence-corrected chi connectivity index (χ1v) is 8.03. The van der Waals surface area contributed by atoms with Crippen molar-refractivity contribution in [3.63, 3.8) is 0 Å². The number of hydrogen-bond acceptors (Lipinski definition) is 4. The molecular weight excluding hydrogens is 332 g/mol. The quantitative estimate of drug-likeness (QED) is 0.557. The van der Waals surface area contributed by atoms with Gasteiger partial charge in [-0.25, -0.2) is 4.79 Å². The van der Waals surface area contributed by atoms with Crippen molar-refractivity contribution in [3.8, 4) is 5.75 Å². The van der Waals surface area contributed by atoms with Gasteiger partial charge >= 0.3 is 11.2 Å². The normalized spacial score (nSPS) is 11.6. The van der Waals surface area contributed by atoms with Gasteiger partial charge in [-0.05, 0) is 24.6 Å². The van der Waals surface area contributed by atoms with E-state index in [2.05, 4.69) is 15.1 Å². The molecule has 7 heteroatoms. The van der Waals surface area contributed by atoms with E-state index in [-0.39, 0.29) is 5.52 Å². The molecule has 4 rings (SSSR count). The summed E-state index contributed by atoms with van der Waals surface area (Å²) in [5.41, 5.74) is 2.15. The summed E-state index contributed by atoms with van der Waals surface area (Å²) in [6, 6.07) is 13.0. The summed E-state index contributed by atoms with van der Waals surface area (Å²) in [5, 5.41) is 4.71. The standard InChI is InChI=1S/C19H16N4O3/c1-11-6-8-12(9-7-11)10-20-23-18(24)17-16(22-19(23)25)15-13(21-17)4-3-5-14(15)26-2/h3-10,21H,1-2H3,(H,22,25). The first-order chi connectivity index (χ1) is 12.6. The Morgan fingerprint density at radius 1 is 1.04 bits per heavy atom. The third-order valence-electron chi connectivity index (χ3n) is 4.24. The average Bonchev–Trinajstić information content (AvgIpc) is 3.02. The highest BCUT2D eigenvalue weighted by Crippen LogP contribution is 2.29. The van der Waals surface area contributed by atoms with Crippen LogP contribution in [-0.2, 0) is 0 Å². The van der Waals surface area contributed by atoms with E-state index in [0.29, 0.717) is 22.2 Å². The first-order valence-electron chi connectivity index (χ1n) is 8.03. The number of benzene rings is 2. The fourth-order valence-electron chi connectivity index (χ4n) is 2.91. The Bertz CT molecular complexity index is 1260. The zero-order valence-corrected chi connectivity index (χ0v) is 14.2. The second-order valence-corrected chi connectivity index (χ2v) is 5.96. The van der Waals surface area contributed by atoms with Crippen molar-refractivity contribution >= 4 is 28.2 Å². The Kier molecular flexibility index (Phi) is 3.69. The molecule has 0 saturated heterocycles. The summed E-state index contributed by atoms with van der Waals surface area (Å²) in [6.45, 7) is 1.98. The smallest absolute Gasteiger partial charge is 0.350 e. The van der Waals surface area contributed by atoms with Gasteiger partial charge in [0.1, 0.15) is 11.3 Å². The summed E-state index contributed by atoms with van der Waals surface area (Å²) < 4.78 is 6.15. The fraction of sp³-hybridized carbons (Fsp3) is 0.105. The highest BCUT2D eigenvalue weighted by Gasteiger charge is 2.15. The van der Waals surface area contributed by atoms with Crippen LogP contribution in [0.15, 0.2) is 57.2 Å². The van der Waals surface area contributed by atoms with Gasteiger partial charge in [0.05, 0.1) is 29.7 Å².